The van der Waals surface area contributed by atoms with Crippen LogP contribution >= 0.6 is 11.6 Å². The number of carbonyl (C=O) groups excluding carboxylic acids is 1. The fourth-order valence-electron chi connectivity index (χ4n) is 1.37. The van der Waals surface area contributed by atoms with Crippen LogP contribution < -0.4 is 10.6 Å². The number of amides is 2. The molecule has 5 nitrogen and oxygen atoms in total. The molecule has 0 aliphatic carbocycles. The lowest BCUT2D eigenvalue weighted by Gasteiger charge is -2.13. The number of nitrogens with zero attached hydrogens (tertiary/aromatic N) is 1. The second-order valence-corrected chi connectivity index (χ2v) is 4.17. The van der Waals surface area contributed by atoms with Gasteiger partial charge in [0.25, 0.3) is 0 Å². The van der Waals surface area contributed by atoms with Crippen LogP contribution in [0.25, 0.3) is 0 Å². The van der Waals surface area contributed by atoms with Gasteiger partial charge in [0.15, 0.2) is 0 Å². The number of nitriles is 1. The largest absolute Gasteiger partial charge is 0.383 e. The fourth-order valence-corrected chi connectivity index (χ4v) is 1.53. The van der Waals surface area contributed by atoms with E-state index in [2.05, 4.69) is 10.6 Å². The molecule has 1 atom stereocenters. The van der Waals surface area contributed by atoms with Crippen molar-refractivity contribution in [2.75, 3.05) is 19.0 Å². The molecule has 1 aromatic carbocycles. The number of hydrogen-bond donors (Lipinski definition) is 2. The zero-order valence-corrected chi connectivity index (χ0v) is 10.9. The molecule has 0 saturated carbocycles. The summed E-state index contributed by atoms with van der Waals surface area (Å²) in [6.45, 7) is 2.25. The minimum Gasteiger partial charge on any atom is -0.383 e. The summed E-state index contributed by atoms with van der Waals surface area (Å²) >= 11 is 5.79. The molecule has 18 heavy (non-hydrogen) atoms. The van der Waals surface area contributed by atoms with Crippen LogP contribution in [-0.2, 0) is 4.74 Å². The third kappa shape index (κ3) is 4.24. The minimum atomic E-state index is -0.356. The van der Waals surface area contributed by atoms with E-state index in [-0.39, 0.29) is 12.1 Å². The molecule has 2 N–H and O–H groups in total. The monoisotopic (exact) mass is 267 g/mol. The van der Waals surface area contributed by atoms with Crippen LogP contribution in [0.3, 0.4) is 0 Å². The second-order valence-electron chi connectivity index (χ2n) is 3.76. The van der Waals surface area contributed by atoms with Crippen molar-refractivity contribution in [3.8, 4) is 6.07 Å². The Morgan fingerprint density at radius 2 is 2.33 bits per heavy atom. The van der Waals surface area contributed by atoms with Crippen LogP contribution in [0.4, 0.5) is 10.5 Å². The fraction of sp³-hybridized carbons (Fsp3) is 0.333. The lowest BCUT2D eigenvalue weighted by atomic mass is 10.2. The Morgan fingerprint density at radius 3 is 2.94 bits per heavy atom. The standard InChI is InChI=1S/C12H14ClN3O2/c1-8(7-18-2)15-12(17)16-10-3-4-11(13)9(5-10)6-14/h3-5,8H,7H2,1-2H3,(H2,15,16,17)/t8-/m1/s1. The summed E-state index contributed by atoms with van der Waals surface area (Å²) in [5.74, 6) is 0. The van der Waals surface area contributed by atoms with Crippen LogP contribution in [0.15, 0.2) is 18.2 Å². The first-order valence-electron chi connectivity index (χ1n) is 5.33. The molecule has 2 amide bonds. The van der Waals surface area contributed by atoms with Gasteiger partial charge in [-0.2, -0.15) is 5.26 Å². The molecule has 0 heterocycles. The Morgan fingerprint density at radius 1 is 1.61 bits per heavy atom. The average molecular weight is 268 g/mol. The second kappa shape index (κ2) is 6.84. The maximum absolute atomic E-state index is 11.6. The van der Waals surface area contributed by atoms with Gasteiger partial charge in [0.05, 0.1) is 23.2 Å². The molecule has 0 spiro atoms. The molecule has 0 radical (unpaired) electrons. The summed E-state index contributed by atoms with van der Waals surface area (Å²) < 4.78 is 4.90. The predicted octanol–water partition coefficient (Wildman–Crippen LogP) is 2.37. The summed E-state index contributed by atoms with van der Waals surface area (Å²) in [4.78, 5) is 11.6. The first-order chi connectivity index (χ1) is 8.56. The van der Waals surface area contributed by atoms with Crippen molar-refractivity contribution in [1.29, 1.82) is 5.26 Å². The van der Waals surface area contributed by atoms with Gasteiger partial charge in [-0.1, -0.05) is 11.6 Å². The molecule has 0 fully saturated rings. The molecular weight excluding hydrogens is 254 g/mol. The first kappa shape index (κ1) is 14.3. The van der Waals surface area contributed by atoms with E-state index in [0.717, 1.165) is 0 Å². The third-order valence-electron chi connectivity index (χ3n) is 2.14. The number of halogens is 1. The molecule has 6 heteroatoms. The van der Waals surface area contributed by atoms with Crippen molar-refractivity contribution in [3.05, 3.63) is 28.8 Å². The molecule has 96 valence electrons. The quantitative estimate of drug-likeness (QED) is 0.879. The average Bonchev–Trinajstić information content (AvgIpc) is 2.31. The highest BCUT2D eigenvalue weighted by atomic mass is 35.5. The van der Waals surface area contributed by atoms with Crippen molar-refractivity contribution in [2.45, 2.75) is 13.0 Å². The SMILES string of the molecule is COC[C@@H](C)NC(=O)Nc1ccc(Cl)c(C#N)c1. The predicted molar refractivity (Wildman–Crippen MR) is 69.7 cm³/mol. The highest BCUT2D eigenvalue weighted by molar-refractivity contribution is 6.31. The highest BCUT2D eigenvalue weighted by Crippen LogP contribution is 2.19. The number of carbonyl (C=O) groups is 1. The highest BCUT2D eigenvalue weighted by Gasteiger charge is 2.08. The summed E-state index contributed by atoms with van der Waals surface area (Å²) in [6, 6.07) is 6.20. The van der Waals surface area contributed by atoms with Crippen LogP contribution in [0.2, 0.25) is 5.02 Å². The van der Waals surface area contributed by atoms with Gasteiger partial charge in [-0.25, -0.2) is 4.79 Å². The number of anilines is 1. The number of benzene rings is 1. The summed E-state index contributed by atoms with van der Waals surface area (Å²) in [6.07, 6.45) is 0. The van der Waals surface area contributed by atoms with E-state index >= 15 is 0 Å². The van der Waals surface area contributed by atoms with Gasteiger partial charge < -0.3 is 15.4 Å². The normalized spacial score (nSPS) is 11.4. The van der Waals surface area contributed by atoms with Crippen molar-refractivity contribution >= 4 is 23.3 Å². The lowest BCUT2D eigenvalue weighted by Crippen LogP contribution is -2.38. The van der Waals surface area contributed by atoms with E-state index in [0.29, 0.717) is 22.9 Å². The zero-order chi connectivity index (χ0) is 13.5. The minimum absolute atomic E-state index is 0.0993. The molecule has 0 saturated heterocycles. The van der Waals surface area contributed by atoms with Gasteiger partial charge >= 0.3 is 6.03 Å². The van der Waals surface area contributed by atoms with Gasteiger partial charge in [-0.3, -0.25) is 0 Å². The van der Waals surface area contributed by atoms with Gasteiger partial charge in [0.1, 0.15) is 6.07 Å². The number of methoxy groups -OCH3 is 1. The van der Waals surface area contributed by atoms with Crippen molar-refractivity contribution in [2.24, 2.45) is 0 Å². The first-order valence-corrected chi connectivity index (χ1v) is 5.70. The molecule has 1 aromatic rings. The maximum Gasteiger partial charge on any atom is 0.319 e. The smallest absolute Gasteiger partial charge is 0.319 e. The Labute approximate surface area is 111 Å². The molecule has 0 bridgehead atoms. The van der Waals surface area contributed by atoms with E-state index in [4.69, 9.17) is 21.6 Å². The Bertz CT molecular complexity index is 471. The van der Waals surface area contributed by atoms with Gasteiger partial charge in [0, 0.05) is 12.8 Å². The van der Waals surface area contributed by atoms with Crippen LogP contribution in [0.1, 0.15) is 12.5 Å². The van der Waals surface area contributed by atoms with Crippen LogP contribution in [-0.4, -0.2) is 25.8 Å². The zero-order valence-electron chi connectivity index (χ0n) is 10.2. The van der Waals surface area contributed by atoms with E-state index in [1.54, 1.807) is 19.2 Å². The topological polar surface area (TPSA) is 74.2 Å². The molecule has 0 unspecified atom stereocenters. The van der Waals surface area contributed by atoms with Gasteiger partial charge in [-0.15, -0.1) is 0 Å². The number of nitrogens with one attached hydrogen (secondary N) is 2. The Balaban J connectivity index is 2.62. The maximum atomic E-state index is 11.6. The van der Waals surface area contributed by atoms with E-state index in [9.17, 15) is 4.79 Å². The van der Waals surface area contributed by atoms with Gasteiger partial charge in [-0.05, 0) is 25.1 Å². The van der Waals surface area contributed by atoms with Crippen molar-refractivity contribution in [1.82, 2.24) is 5.32 Å². The van der Waals surface area contributed by atoms with Crippen molar-refractivity contribution in [3.63, 3.8) is 0 Å². The Hall–Kier alpha value is -1.77. The number of ether oxygens (including phenoxy) is 1. The summed E-state index contributed by atoms with van der Waals surface area (Å²) in [7, 11) is 1.56. The number of hydrogen-bond acceptors (Lipinski definition) is 3. The Kier molecular flexibility index (Phi) is 5.43. The number of rotatable bonds is 4. The van der Waals surface area contributed by atoms with Crippen molar-refractivity contribution < 1.29 is 9.53 Å². The van der Waals surface area contributed by atoms with Crippen LogP contribution in [0.5, 0.6) is 0 Å². The number of urea groups is 1. The molecular formula is C12H14ClN3O2. The van der Waals surface area contributed by atoms with E-state index in [1.807, 2.05) is 13.0 Å². The lowest BCUT2D eigenvalue weighted by molar-refractivity contribution is 0.173. The molecule has 0 aromatic heterocycles. The summed E-state index contributed by atoms with van der Waals surface area (Å²) in [5.41, 5.74) is 0.831. The third-order valence-corrected chi connectivity index (χ3v) is 2.47. The molecule has 0 aliphatic heterocycles. The van der Waals surface area contributed by atoms with Gasteiger partial charge in [0.2, 0.25) is 0 Å². The molecule has 1 rings (SSSR count). The van der Waals surface area contributed by atoms with Crippen LogP contribution in [0, 0.1) is 11.3 Å². The summed E-state index contributed by atoms with van der Waals surface area (Å²) in [5, 5.41) is 14.5. The van der Waals surface area contributed by atoms with E-state index in [1.165, 1.54) is 6.07 Å². The molecule has 0 aliphatic rings. The van der Waals surface area contributed by atoms with E-state index < -0.39 is 0 Å².